The molecule has 24 heavy (non-hydrogen) atoms. The number of benzene rings is 1. The van der Waals surface area contributed by atoms with Crippen molar-refractivity contribution in [3.63, 3.8) is 0 Å². The van der Waals surface area contributed by atoms with Crippen LogP contribution in [0.2, 0.25) is 0 Å². The van der Waals surface area contributed by atoms with Gasteiger partial charge in [-0.1, -0.05) is 15.9 Å². The number of hydrogen-bond acceptors (Lipinski definition) is 6. The minimum Gasteiger partial charge on any atom is -0.466 e. The lowest BCUT2D eigenvalue weighted by atomic mass is 10.1. The van der Waals surface area contributed by atoms with E-state index in [1.165, 1.54) is 12.0 Å². The van der Waals surface area contributed by atoms with Crippen molar-refractivity contribution < 1.29 is 19.4 Å². The summed E-state index contributed by atoms with van der Waals surface area (Å²) >= 11 is 6.63. The van der Waals surface area contributed by atoms with Gasteiger partial charge in [0, 0.05) is 15.5 Å². The molecule has 0 aliphatic carbocycles. The highest BCUT2D eigenvalue weighted by atomic mass is 79.9. The monoisotopic (exact) mass is 457 g/mol. The molecular weight excluding hydrogens is 446 g/mol. The van der Waals surface area contributed by atoms with Gasteiger partial charge in [0.15, 0.2) is 0 Å². The van der Waals surface area contributed by atoms with Gasteiger partial charge in [0.25, 0.3) is 5.91 Å². The molecule has 0 spiro atoms. The number of aliphatic hydroxyl groups excluding tert-OH is 1. The maximum Gasteiger partial charge on any atom is 0.337 e. The molecule has 0 bridgehead atoms. The molecule has 9 heteroatoms. The first-order valence-corrected chi connectivity index (χ1v) is 8.39. The largest absolute Gasteiger partial charge is 0.466 e. The summed E-state index contributed by atoms with van der Waals surface area (Å²) in [6.07, 6.45) is 0. The predicted molar refractivity (Wildman–Crippen MR) is 92.9 cm³/mol. The number of aliphatic hydroxyl groups is 1. The summed E-state index contributed by atoms with van der Waals surface area (Å²) < 4.78 is 5.97. The Morgan fingerprint density at radius 2 is 2.21 bits per heavy atom. The molecule has 0 unspecified atom stereocenters. The Hall–Kier alpha value is -1.89. The quantitative estimate of drug-likeness (QED) is 0.651. The van der Waals surface area contributed by atoms with Crippen LogP contribution in [-0.2, 0) is 14.3 Å². The van der Waals surface area contributed by atoms with E-state index in [0.717, 1.165) is 0 Å². The van der Waals surface area contributed by atoms with Gasteiger partial charge >= 0.3 is 5.97 Å². The molecule has 1 aromatic carbocycles. The van der Waals surface area contributed by atoms with E-state index >= 15 is 0 Å². The molecule has 126 valence electrons. The fraction of sp³-hybridized carbons (Fsp3) is 0.267. The summed E-state index contributed by atoms with van der Waals surface area (Å²) in [6, 6.07) is 5.34. The van der Waals surface area contributed by atoms with E-state index < -0.39 is 11.9 Å². The molecule has 7 nitrogen and oxygen atoms in total. The molecule has 1 aliphatic rings. The normalized spacial score (nSPS) is 14.0. The third-order valence-electron chi connectivity index (χ3n) is 3.38. The zero-order valence-corrected chi connectivity index (χ0v) is 15.8. The van der Waals surface area contributed by atoms with Crippen LogP contribution in [0.15, 0.2) is 32.3 Å². The standard InChI is InChI=1S/C15H13Br2N3O4/c1-24-15(23)10-7-20(2-3-21)14(22)13(10)19-12-8(6-18)4-9(16)5-11(12)17/h4-5,19,21H,2-3,7H2,1H3. The van der Waals surface area contributed by atoms with Crippen molar-refractivity contribution in [3.8, 4) is 6.07 Å². The van der Waals surface area contributed by atoms with Crippen LogP contribution in [-0.4, -0.2) is 48.7 Å². The molecule has 1 aliphatic heterocycles. The van der Waals surface area contributed by atoms with Crippen LogP contribution in [0, 0.1) is 11.3 Å². The lowest BCUT2D eigenvalue weighted by molar-refractivity contribution is -0.136. The number of carbonyl (C=O) groups is 2. The van der Waals surface area contributed by atoms with E-state index in [2.05, 4.69) is 37.2 Å². The number of amides is 1. The van der Waals surface area contributed by atoms with Gasteiger partial charge in [-0.25, -0.2) is 4.79 Å². The first kappa shape index (κ1) is 18.4. The molecule has 1 heterocycles. The van der Waals surface area contributed by atoms with E-state index in [0.29, 0.717) is 20.2 Å². The van der Waals surface area contributed by atoms with E-state index in [4.69, 9.17) is 9.84 Å². The van der Waals surface area contributed by atoms with Crippen molar-refractivity contribution in [3.05, 3.63) is 37.9 Å². The summed E-state index contributed by atoms with van der Waals surface area (Å²) in [4.78, 5) is 25.8. The molecule has 0 atom stereocenters. The number of halogens is 2. The molecule has 1 amide bonds. The second-order valence-electron chi connectivity index (χ2n) is 4.84. The highest BCUT2D eigenvalue weighted by molar-refractivity contribution is 9.11. The number of nitrogens with zero attached hydrogens (tertiary/aromatic N) is 2. The SMILES string of the molecule is COC(=O)C1=C(Nc2c(Br)cc(Br)cc2C#N)C(=O)N(CCO)C1. The van der Waals surface area contributed by atoms with Crippen LogP contribution < -0.4 is 5.32 Å². The van der Waals surface area contributed by atoms with Crippen molar-refractivity contribution in [2.24, 2.45) is 0 Å². The summed E-state index contributed by atoms with van der Waals surface area (Å²) in [7, 11) is 1.22. The Bertz CT molecular complexity index is 771. The Morgan fingerprint density at radius 3 is 2.79 bits per heavy atom. The fourth-order valence-corrected chi connectivity index (χ4v) is 3.59. The van der Waals surface area contributed by atoms with E-state index in [-0.39, 0.29) is 31.0 Å². The molecule has 0 fully saturated rings. The van der Waals surface area contributed by atoms with E-state index in [1.807, 2.05) is 6.07 Å². The molecule has 2 rings (SSSR count). The second-order valence-corrected chi connectivity index (χ2v) is 6.61. The van der Waals surface area contributed by atoms with Crippen molar-refractivity contribution in [2.45, 2.75) is 0 Å². The summed E-state index contributed by atoms with van der Waals surface area (Å²) in [5.41, 5.74) is 0.849. The van der Waals surface area contributed by atoms with Crippen molar-refractivity contribution in [1.29, 1.82) is 5.26 Å². The number of esters is 1. The third-order valence-corrected chi connectivity index (χ3v) is 4.46. The molecule has 1 aromatic rings. The number of hydrogen-bond donors (Lipinski definition) is 2. The molecule has 2 N–H and O–H groups in total. The second kappa shape index (κ2) is 7.79. The lowest BCUT2D eigenvalue weighted by Gasteiger charge is -2.16. The van der Waals surface area contributed by atoms with Crippen LogP contribution in [0.1, 0.15) is 5.56 Å². The molecule has 0 aromatic heterocycles. The lowest BCUT2D eigenvalue weighted by Crippen LogP contribution is -2.31. The van der Waals surface area contributed by atoms with Gasteiger partial charge in [-0.2, -0.15) is 5.26 Å². The number of nitriles is 1. The maximum absolute atomic E-state index is 12.5. The third kappa shape index (κ3) is 3.61. The predicted octanol–water partition coefficient (Wildman–Crippen LogP) is 1.76. The molecule has 0 saturated heterocycles. The number of ether oxygens (including phenoxy) is 1. The number of carbonyl (C=O) groups excluding carboxylic acids is 2. The first-order valence-electron chi connectivity index (χ1n) is 6.80. The zero-order chi connectivity index (χ0) is 17.9. The Labute approximate surface area is 155 Å². The average Bonchev–Trinajstić information content (AvgIpc) is 2.86. The number of β-amino-alcohol motifs (C(OH)–C–C–N with tert-alkyl or cyclic N) is 1. The smallest absolute Gasteiger partial charge is 0.337 e. The van der Waals surface area contributed by atoms with Crippen molar-refractivity contribution in [1.82, 2.24) is 4.90 Å². The number of anilines is 1. The number of rotatable bonds is 5. The van der Waals surface area contributed by atoms with Gasteiger partial charge in [0.1, 0.15) is 11.8 Å². The summed E-state index contributed by atoms with van der Waals surface area (Å²) in [5.74, 6) is -1.08. The highest BCUT2D eigenvalue weighted by Gasteiger charge is 2.35. The van der Waals surface area contributed by atoms with Gasteiger partial charge < -0.3 is 20.1 Å². The van der Waals surface area contributed by atoms with Crippen LogP contribution in [0.3, 0.4) is 0 Å². The highest BCUT2D eigenvalue weighted by Crippen LogP contribution is 2.33. The fourth-order valence-electron chi connectivity index (χ4n) is 2.26. The Balaban J connectivity index is 2.47. The van der Waals surface area contributed by atoms with Crippen LogP contribution in [0.4, 0.5) is 5.69 Å². The minimum absolute atomic E-state index is 0.0322. The van der Waals surface area contributed by atoms with Gasteiger partial charge in [0.05, 0.1) is 37.1 Å². The van der Waals surface area contributed by atoms with Gasteiger partial charge in [-0.05, 0) is 28.1 Å². The molecular formula is C15H13Br2N3O4. The van der Waals surface area contributed by atoms with Gasteiger partial charge in [-0.3, -0.25) is 4.79 Å². The average molecular weight is 459 g/mol. The summed E-state index contributed by atoms with van der Waals surface area (Å²) in [5, 5.41) is 21.2. The Morgan fingerprint density at radius 1 is 1.50 bits per heavy atom. The van der Waals surface area contributed by atoms with E-state index in [9.17, 15) is 14.9 Å². The van der Waals surface area contributed by atoms with E-state index in [1.54, 1.807) is 12.1 Å². The zero-order valence-electron chi connectivity index (χ0n) is 12.6. The number of nitrogens with one attached hydrogen (secondary N) is 1. The first-order chi connectivity index (χ1) is 11.4. The van der Waals surface area contributed by atoms with Gasteiger partial charge in [0.2, 0.25) is 0 Å². The Kier molecular flexibility index (Phi) is 5.99. The van der Waals surface area contributed by atoms with Gasteiger partial charge in [-0.15, -0.1) is 0 Å². The van der Waals surface area contributed by atoms with Crippen LogP contribution in [0.5, 0.6) is 0 Å². The topological polar surface area (TPSA) is 103 Å². The van der Waals surface area contributed by atoms with Crippen LogP contribution >= 0.6 is 31.9 Å². The minimum atomic E-state index is -0.641. The van der Waals surface area contributed by atoms with Crippen molar-refractivity contribution in [2.75, 3.05) is 32.1 Å². The molecule has 0 radical (unpaired) electrons. The molecule has 0 saturated carbocycles. The van der Waals surface area contributed by atoms with Crippen LogP contribution in [0.25, 0.3) is 0 Å². The number of methoxy groups -OCH3 is 1. The summed E-state index contributed by atoms with van der Waals surface area (Å²) in [6.45, 7) is -0.0968. The van der Waals surface area contributed by atoms with Crippen molar-refractivity contribution >= 4 is 49.4 Å². The maximum atomic E-state index is 12.5.